The summed E-state index contributed by atoms with van der Waals surface area (Å²) in [6.07, 6.45) is 2.12. The number of hydrogen-bond acceptors (Lipinski definition) is 2. The van der Waals surface area contributed by atoms with Gasteiger partial charge in [-0.25, -0.2) is 0 Å². The molecule has 0 aliphatic heterocycles. The molecule has 0 N–H and O–H groups in total. The Hall–Kier alpha value is -0.630. The van der Waals surface area contributed by atoms with E-state index in [4.69, 9.17) is 4.74 Å². The lowest BCUT2D eigenvalue weighted by Crippen LogP contribution is -1.89. The molecule has 0 bridgehead atoms. The molecule has 0 amide bonds. The average Bonchev–Trinajstić information content (AvgIpc) is 2.17. The van der Waals surface area contributed by atoms with Gasteiger partial charge in [0.15, 0.2) is 0 Å². The third-order valence-corrected chi connectivity index (χ3v) is 2.90. The summed E-state index contributed by atoms with van der Waals surface area (Å²) in [5.41, 5.74) is 1.32. The van der Waals surface area contributed by atoms with Gasteiger partial charge in [-0.3, -0.25) is 0 Å². The maximum absolute atomic E-state index is 5.14. The van der Waals surface area contributed by atoms with Crippen molar-refractivity contribution in [2.75, 3.05) is 13.4 Å². The second-order valence-electron chi connectivity index (χ2n) is 2.65. The summed E-state index contributed by atoms with van der Waals surface area (Å²) in [5, 5.41) is 0.542. The standard InChI is InChI=1S/C10H14OS/c1-8(12-3)9-5-4-6-10(7-9)11-2/h4-8H,1-3H3/t8-/m0/s1. The van der Waals surface area contributed by atoms with Crippen molar-refractivity contribution in [3.05, 3.63) is 29.8 Å². The van der Waals surface area contributed by atoms with Gasteiger partial charge in [0.2, 0.25) is 0 Å². The Bertz CT molecular complexity index is 247. The summed E-state index contributed by atoms with van der Waals surface area (Å²) < 4.78 is 5.14. The van der Waals surface area contributed by atoms with Crippen LogP contribution in [0.1, 0.15) is 17.7 Å². The number of rotatable bonds is 3. The molecular formula is C10H14OS. The lowest BCUT2D eigenvalue weighted by Gasteiger charge is -2.09. The van der Waals surface area contributed by atoms with Crippen LogP contribution in [0.4, 0.5) is 0 Å². The van der Waals surface area contributed by atoms with Gasteiger partial charge in [-0.2, -0.15) is 11.8 Å². The molecule has 0 heterocycles. The quantitative estimate of drug-likeness (QED) is 0.710. The Kier molecular flexibility index (Phi) is 3.48. The van der Waals surface area contributed by atoms with E-state index >= 15 is 0 Å². The van der Waals surface area contributed by atoms with Crippen molar-refractivity contribution in [2.24, 2.45) is 0 Å². The molecule has 2 heteroatoms. The summed E-state index contributed by atoms with van der Waals surface area (Å²) >= 11 is 1.84. The maximum Gasteiger partial charge on any atom is 0.119 e. The van der Waals surface area contributed by atoms with Crippen LogP contribution in [0.25, 0.3) is 0 Å². The zero-order chi connectivity index (χ0) is 8.97. The molecule has 1 nitrogen and oxygen atoms in total. The van der Waals surface area contributed by atoms with Gasteiger partial charge < -0.3 is 4.74 Å². The van der Waals surface area contributed by atoms with E-state index in [2.05, 4.69) is 25.3 Å². The van der Waals surface area contributed by atoms with Gasteiger partial charge in [0.05, 0.1) is 7.11 Å². The molecule has 0 radical (unpaired) electrons. The van der Waals surface area contributed by atoms with Crippen molar-refractivity contribution in [2.45, 2.75) is 12.2 Å². The molecule has 66 valence electrons. The highest BCUT2D eigenvalue weighted by atomic mass is 32.2. The van der Waals surface area contributed by atoms with Gasteiger partial charge in [0.25, 0.3) is 0 Å². The van der Waals surface area contributed by atoms with Crippen molar-refractivity contribution in [3.8, 4) is 5.75 Å². The molecule has 1 atom stereocenters. The smallest absolute Gasteiger partial charge is 0.119 e. The van der Waals surface area contributed by atoms with E-state index in [1.54, 1.807) is 7.11 Å². The monoisotopic (exact) mass is 182 g/mol. The molecule has 1 aromatic carbocycles. The van der Waals surface area contributed by atoms with E-state index in [9.17, 15) is 0 Å². The molecule has 12 heavy (non-hydrogen) atoms. The van der Waals surface area contributed by atoms with Gasteiger partial charge >= 0.3 is 0 Å². The van der Waals surface area contributed by atoms with Crippen LogP contribution in [0.3, 0.4) is 0 Å². The van der Waals surface area contributed by atoms with Crippen LogP contribution in [0.5, 0.6) is 5.75 Å². The van der Waals surface area contributed by atoms with E-state index in [1.165, 1.54) is 5.56 Å². The minimum Gasteiger partial charge on any atom is -0.497 e. The number of benzene rings is 1. The van der Waals surface area contributed by atoms with Crippen molar-refractivity contribution in [1.29, 1.82) is 0 Å². The second-order valence-corrected chi connectivity index (χ2v) is 3.83. The van der Waals surface area contributed by atoms with Gasteiger partial charge in [-0.05, 0) is 30.9 Å². The fraction of sp³-hybridized carbons (Fsp3) is 0.400. The Balaban J connectivity index is 2.86. The molecule has 0 saturated carbocycles. The van der Waals surface area contributed by atoms with Gasteiger partial charge in [0, 0.05) is 5.25 Å². The molecule has 0 fully saturated rings. The van der Waals surface area contributed by atoms with Crippen LogP contribution in [-0.4, -0.2) is 13.4 Å². The zero-order valence-corrected chi connectivity index (χ0v) is 8.52. The molecular weight excluding hydrogens is 168 g/mol. The highest BCUT2D eigenvalue weighted by molar-refractivity contribution is 7.98. The second kappa shape index (κ2) is 4.41. The van der Waals surface area contributed by atoms with Gasteiger partial charge in [0.1, 0.15) is 5.75 Å². The SMILES string of the molecule is COc1cccc([C@H](C)SC)c1. The average molecular weight is 182 g/mol. The van der Waals surface area contributed by atoms with Gasteiger partial charge in [-0.15, -0.1) is 0 Å². The van der Waals surface area contributed by atoms with Gasteiger partial charge in [-0.1, -0.05) is 12.1 Å². The molecule has 0 unspecified atom stereocenters. The van der Waals surface area contributed by atoms with Crippen LogP contribution >= 0.6 is 11.8 Å². The largest absolute Gasteiger partial charge is 0.497 e. The van der Waals surface area contributed by atoms with Crippen molar-refractivity contribution < 1.29 is 4.74 Å². The molecule has 0 saturated heterocycles. The summed E-state index contributed by atoms with van der Waals surface area (Å²) in [6.45, 7) is 2.19. The first kappa shape index (κ1) is 9.46. The third-order valence-electron chi connectivity index (χ3n) is 1.92. The Labute approximate surface area is 78.1 Å². The van der Waals surface area contributed by atoms with Crippen molar-refractivity contribution >= 4 is 11.8 Å². The van der Waals surface area contributed by atoms with Crippen LogP contribution in [0.15, 0.2) is 24.3 Å². The molecule has 1 rings (SSSR count). The predicted molar refractivity (Wildman–Crippen MR) is 54.9 cm³/mol. The van der Waals surface area contributed by atoms with Crippen LogP contribution in [0, 0.1) is 0 Å². The normalized spacial score (nSPS) is 12.6. The first-order chi connectivity index (χ1) is 5.77. The molecule has 0 aliphatic rings. The Morgan fingerprint density at radius 2 is 2.17 bits per heavy atom. The summed E-state index contributed by atoms with van der Waals surface area (Å²) in [5.74, 6) is 0.938. The Morgan fingerprint density at radius 1 is 1.42 bits per heavy atom. The highest BCUT2D eigenvalue weighted by Crippen LogP contribution is 2.27. The lowest BCUT2D eigenvalue weighted by molar-refractivity contribution is 0.414. The zero-order valence-electron chi connectivity index (χ0n) is 7.70. The maximum atomic E-state index is 5.14. The van der Waals surface area contributed by atoms with E-state index in [-0.39, 0.29) is 0 Å². The third kappa shape index (κ3) is 2.18. The number of ether oxygens (including phenoxy) is 1. The summed E-state index contributed by atoms with van der Waals surface area (Å²) in [6, 6.07) is 8.21. The van der Waals surface area contributed by atoms with E-state index in [0.29, 0.717) is 5.25 Å². The van der Waals surface area contributed by atoms with Crippen LogP contribution in [0.2, 0.25) is 0 Å². The number of thioether (sulfide) groups is 1. The lowest BCUT2D eigenvalue weighted by atomic mass is 10.1. The molecule has 0 spiro atoms. The minimum absolute atomic E-state index is 0.542. The van der Waals surface area contributed by atoms with E-state index in [0.717, 1.165) is 5.75 Å². The first-order valence-electron chi connectivity index (χ1n) is 3.94. The fourth-order valence-corrected chi connectivity index (χ4v) is 1.45. The molecule has 0 aromatic heterocycles. The minimum atomic E-state index is 0.542. The molecule has 0 aliphatic carbocycles. The first-order valence-corrected chi connectivity index (χ1v) is 5.23. The fourth-order valence-electron chi connectivity index (χ4n) is 1.03. The highest BCUT2D eigenvalue weighted by Gasteiger charge is 2.03. The van der Waals surface area contributed by atoms with E-state index in [1.807, 2.05) is 23.9 Å². The summed E-state index contributed by atoms with van der Waals surface area (Å²) in [7, 11) is 1.70. The predicted octanol–water partition coefficient (Wildman–Crippen LogP) is 3.12. The van der Waals surface area contributed by atoms with Crippen molar-refractivity contribution in [3.63, 3.8) is 0 Å². The number of methoxy groups -OCH3 is 1. The topological polar surface area (TPSA) is 9.23 Å². The Morgan fingerprint density at radius 3 is 2.75 bits per heavy atom. The molecule has 1 aromatic rings. The van der Waals surface area contributed by atoms with E-state index < -0.39 is 0 Å². The van der Waals surface area contributed by atoms with Crippen LogP contribution < -0.4 is 4.74 Å². The van der Waals surface area contributed by atoms with Crippen molar-refractivity contribution in [1.82, 2.24) is 0 Å². The van der Waals surface area contributed by atoms with Crippen LogP contribution in [-0.2, 0) is 0 Å². The number of hydrogen-bond donors (Lipinski definition) is 0. The summed E-state index contributed by atoms with van der Waals surface area (Å²) in [4.78, 5) is 0.